The first-order chi connectivity index (χ1) is 15.2. The van der Waals surface area contributed by atoms with Crippen LogP contribution in [0.15, 0.2) is 64.4 Å². The predicted molar refractivity (Wildman–Crippen MR) is 126 cm³/mol. The van der Waals surface area contributed by atoms with E-state index in [9.17, 15) is 13.2 Å². The van der Waals surface area contributed by atoms with Gasteiger partial charge in [0.25, 0.3) is 15.6 Å². The monoisotopic (exact) mass is 450 g/mol. The Morgan fingerprint density at radius 1 is 1.09 bits per heavy atom. The normalized spacial score (nSPS) is 12.0. The number of aromatic nitrogens is 3. The number of benzene rings is 2. The molecule has 0 aliphatic carbocycles. The number of fused-ring (bicyclic) bond motifs is 1. The second kappa shape index (κ2) is 8.27. The topological polar surface area (TPSA) is 111 Å². The summed E-state index contributed by atoms with van der Waals surface area (Å²) in [5.74, 6) is 0.525. The first-order valence-electron chi connectivity index (χ1n) is 10.5. The molecule has 2 aromatic heterocycles. The van der Waals surface area contributed by atoms with Gasteiger partial charge < -0.3 is 10.7 Å². The largest absolute Gasteiger partial charge is 0.382 e. The van der Waals surface area contributed by atoms with E-state index in [4.69, 9.17) is 5.73 Å². The Balaban J connectivity index is 1.80. The van der Waals surface area contributed by atoms with Crippen LogP contribution in [0.5, 0.6) is 0 Å². The first-order valence-corrected chi connectivity index (χ1v) is 11.9. The van der Waals surface area contributed by atoms with Crippen molar-refractivity contribution in [3.8, 4) is 0 Å². The number of rotatable bonds is 6. The lowest BCUT2D eigenvalue weighted by Gasteiger charge is -2.08. The minimum atomic E-state index is -3.79. The Labute approximate surface area is 187 Å². The van der Waals surface area contributed by atoms with Gasteiger partial charge in [-0.2, -0.15) is 0 Å². The first kappa shape index (κ1) is 21.8. The fraction of sp³-hybridized carbons (Fsp3) is 0.250. The van der Waals surface area contributed by atoms with Crippen LogP contribution in [0, 0.1) is 12.8 Å². The number of aryl methyl sites for hydroxylation is 1. The van der Waals surface area contributed by atoms with Crippen LogP contribution in [0.1, 0.15) is 36.4 Å². The summed E-state index contributed by atoms with van der Waals surface area (Å²) >= 11 is 0. The van der Waals surface area contributed by atoms with E-state index < -0.39 is 10.0 Å². The lowest BCUT2D eigenvalue weighted by atomic mass is 10.1. The fourth-order valence-electron chi connectivity index (χ4n) is 3.77. The van der Waals surface area contributed by atoms with Crippen molar-refractivity contribution in [3.63, 3.8) is 0 Å². The van der Waals surface area contributed by atoms with E-state index in [1.165, 1.54) is 3.97 Å². The molecular formula is C24H26N4O3S. The van der Waals surface area contributed by atoms with Gasteiger partial charge in [-0.15, -0.1) is 0 Å². The average molecular weight is 451 g/mol. The molecule has 3 N–H and O–H groups in total. The molecule has 8 heteroatoms. The maximum absolute atomic E-state index is 13.4. The number of nitrogens with two attached hydrogens (primary N) is 1. The van der Waals surface area contributed by atoms with Gasteiger partial charge in [0.1, 0.15) is 11.5 Å². The van der Waals surface area contributed by atoms with Gasteiger partial charge >= 0.3 is 0 Å². The highest BCUT2D eigenvalue weighted by Crippen LogP contribution is 2.28. The third-order valence-electron chi connectivity index (χ3n) is 5.40. The molecule has 0 fully saturated rings. The van der Waals surface area contributed by atoms with Crippen LogP contribution in [0.4, 0.5) is 5.82 Å². The SMILES string of the molecule is Cc1ccc(S(=O)(=O)n2cc(Cc3[nH]c(=O)c(CC(C)C)nc3N)c3ccccc32)cc1. The van der Waals surface area contributed by atoms with Crippen molar-refractivity contribution in [2.24, 2.45) is 5.92 Å². The van der Waals surface area contributed by atoms with Crippen LogP contribution in [0.25, 0.3) is 10.9 Å². The van der Waals surface area contributed by atoms with E-state index in [1.807, 2.05) is 32.9 Å². The van der Waals surface area contributed by atoms with Gasteiger partial charge in [-0.3, -0.25) is 4.79 Å². The van der Waals surface area contributed by atoms with Gasteiger partial charge in [0.15, 0.2) is 0 Å². The van der Waals surface area contributed by atoms with E-state index in [0.29, 0.717) is 23.3 Å². The molecule has 0 spiro atoms. The number of hydrogen-bond donors (Lipinski definition) is 2. The molecule has 0 saturated heterocycles. The molecule has 0 aliphatic rings. The van der Waals surface area contributed by atoms with Crippen LogP contribution in [0.3, 0.4) is 0 Å². The molecule has 0 amide bonds. The van der Waals surface area contributed by atoms with Gasteiger partial charge in [0.05, 0.1) is 16.1 Å². The number of nitrogens with one attached hydrogen (secondary N) is 1. The molecule has 0 bridgehead atoms. The molecule has 0 unspecified atom stereocenters. The fourth-order valence-corrected chi connectivity index (χ4v) is 5.16. The third-order valence-corrected chi connectivity index (χ3v) is 7.09. The van der Waals surface area contributed by atoms with Gasteiger partial charge in [-0.25, -0.2) is 17.4 Å². The molecule has 0 radical (unpaired) electrons. The summed E-state index contributed by atoms with van der Waals surface area (Å²) in [6.45, 7) is 5.92. The molecule has 4 rings (SSSR count). The molecular weight excluding hydrogens is 424 g/mol. The summed E-state index contributed by atoms with van der Waals surface area (Å²) in [4.78, 5) is 19.9. The average Bonchev–Trinajstić information content (AvgIpc) is 3.11. The Morgan fingerprint density at radius 3 is 2.47 bits per heavy atom. The quantitative estimate of drug-likeness (QED) is 0.466. The highest BCUT2D eigenvalue weighted by molar-refractivity contribution is 7.90. The van der Waals surface area contributed by atoms with Crippen molar-refractivity contribution in [1.29, 1.82) is 0 Å². The third kappa shape index (κ3) is 4.05. The van der Waals surface area contributed by atoms with Gasteiger partial charge in [0, 0.05) is 18.0 Å². The lowest BCUT2D eigenvalue weighted by Crippen LogP contribution is -2.21. The van der Waals surface area contributed by atoms with E-state index in [-0.39, 0.29) is 28.6 Å². The van der Waals surface area contributed by atoms with Crippen LogP contribution in [-0.2, 0) is 22.9 Å². The van der Waals surface area contributed by atoms with E-state index >= 15 is 0 Å². The molecule has 0 atom stereocenters. The highest BCUT2D eigenvalue weighted by atomic mass is 32.2. The van der Waals surface area contributed by atoms with Crippen molar-refractivity contribution < 1.29 is 8.42 Å². The number of nitrogen functional groups attached to an aromatic ring is 1. The molecule has 2 heterocycles. The maximum atomic E-state index is 13.4. The van der Waals surface area contributed by atoms with Crippen LogP contribution in [0.2, 0.25) is 0 Å². The summed E-state index contributed by atoms with van der Waals surface area (Å²) in [7, 11) is -3.79. The van der Waals surface area contributed by atoms with E-state index in [1.54, 1.807) is 42.6 Å². The van der Waals surface area contributed by atoms with Crippen LogP contribution < -0.4 is 11.3 Å². The molecule has 2 aromatic carbocycles. The van der Waals surface area contributed by atoms with Crippen LogP contribution in [-0.4, -0.2) is 22.4 Å². The molecule has 7 nitrogen and oxygen atoms in total. The molecule has 0 aliphatic heterocycles. The Hall–Kier alpha value is -3.39. The zero-order chi connectivity index (χ0) is 23.0. The van der Waals surface area contributed by atoms with E-state index in [2.05, 4.69) is 9.97 Å². The summed E-state index contributed by atoms with van der Waals surface area (Å²) in [6.07, 6.45) is 2.39. The molecule has 4 aromatic rings. The summed E-state index contributed by atoms with van der Waals surface area (Å²) in [6, 6.07) is 14.0. The zero-order valence-corrected chi connectivity index (χ0v) is 19.1. The Kier molecular flexibility index (Phi) is 5.64. The summed E-state index contributed by atoms with van der Waals surface area (Å²) < 4.78 is 28.0. The minimum Gasteiger partial charge on any atom is -0.382 e. The Morgan fingerprint density at radius 2 is 1.78 bits per heavy atom. The van der Waals surface area contributed by atoms with E-state index in [0.717, 1.165) is 16.5 Å². The van der Waals surface area contributed by atoms with Crippen molar-refractivity contribution >= 4 is 26.7 Å². The lowest BCUT2D eigenvalue weighted by molar-refractivity contribution is 0.589. The summed E-state index contributed by atoms with van der Waals surface area (Å²) in [5, 5.41) is 0.773. The number of aromatic amines is 1. The van der Waals surface area contributed by atoms with Gasteiger partial charge in [-0.05, 0) is 43.0 Å². The van der Waals surface area contributed by atoms with Crippen molar-refractivity contribution in [2.45, 2.75) is 38.5 Å². The number of para-hydroxylation sites is 1. The number of nitrogens with zero attached hydrogens (tertiary/aromatic N) is 2. The maximum Gasteiger partial charge on any atom is 0.270 e. The highest BCUT2D eigenvalue weighted by Gasteiger charge is 2.22. The molecule has 32 heavy (non-hydrogen) atoms. The second-order valence-corrected chi connectivity index (χ2v) is 10.3. The molecule has 166 valence electrons. The molecule has 0 saturated carbocycles. The van der Waals surface area contributed by atoms with Gasteiger partial charge in [0.2, 0.25) is 0 Å². The minimum absolute atomic E-state index is 0.211. The Bertz CT molecular complexity index is 1450. The zero-order valence-electron chi connectivity index (χ0n) is 18.3. The summed E-state index contributed by atoms with van der Waals surface area (Å²) in [5.41, 5.74) is 9.04. The number of H-pyrrole nitrogens is 1. The second-order valence-electron chi connectivity index (χ2n) is 8.44. The van der Waals surface area contributed by atoms with Crippen LogP contribution >= 0.6 is 0 Å². The standard InChI is InChI=1S/C24H26N4O3S/c1-15(2)12-21-24(29)27-20(23(25)26-21)13-17-14-28(22-7-5-4-6-19(17)22)32(30,31)18-10-8-16(3)9-11-18/h4-11,14-15H,12-13H2,1-3H3,(H2,25,26)(H,27,29). The smallest absolute Gasteiger partial charge is 0.270 e. The number of hydrogen-bond acceptors (Lipinski definition) is 5. The van der Waals surface area contributed by atoms with Gasteiger partial charge in [-0.1, -0.05) is 49.7 Å². The number of anilines is 1. The van der Waals surface area contributed by atoms with Crippen molar-refractivity contribution in [3.05, 3.63) is 87.6 Å². The van der Waals surface area contributed by atoms with Crippen molar-refractivity contribution in [2.75, 3.05) is 5.73 Å². The predicted octanol–water partition coefficient (Wildman–Crippen LogP) is 3.64. The van der Waals surface area contributed by atoms with Crippen molar-refractivity contribution in [1.82, 2.24) is 13.9 Å².